The molecule has 92 valence electrons. The van der Waals surface area contributed by atoms with Crippen molar-refractivity contribution in [2.75, 3.05) is 0 Å². The van der Waals surface area contributed by atoms with Crippen LogP contribution in [0.4, 0.5) is 0 Å². The van der Waals surface area contributed by atoms with Crippen molar-refractivity contribution in [3.05, 3.63) is 63.0 Å². The van der Waals surface area contributed by atoms with Crippen LogP contribution in [0, 0.1) is 0 Å². The van der Waals surface area contributed by atoms with E-state index in [-0.39, 0.29) is 24.8 Å². The molecule has 2 aliphatic rings. The molecule has 0 N–H and O–H groups in total. The quantitative estimate of drug-likeness (QED) is 0.450. The molecule has 0 fully saturated rings. The van der Waals surface area contributed by atoms with Crippen LogP contribution in [0.5, 0.6) is 0 Å². The summed E-state index contributed by atoms with van der Waals surface area (Å²) >= 11 is -1.86. The van der Waals surface area contributed by atoms with Gasteiger partial charge in [-0.2, -0.15) is 0 Å². The minimum Gasteiger partial charge on any atom is -1.00 e. The van der Waals surface area contributed by atoms with Gasteiger partial charge in [-0.05, 0) is 0 Å². The molecule has 18 heavy (non-hydrogen) atoms. The van der Waals surface area contributed by atoms with Gasteiger partial charge in [0.15, 0.2) is 0 Å². The third kappa shape index (κ3) is 2.84. The third-order valence-corrected chi connectivity index (χ3v) is 12.2. The number of hydrogen-bond acceptors (Lipinski definition) is 0. The summed E-state index contributed by atoms with van der Waals surface area (Å²) < 4.78 is 6.89. The predicted octanol–water partition coefficient (Wildman–Crippen LogP) is -2.34. The first kappa shape index (κ1) is 15.8. The Bertz CT molecular complexity index is 541. The van der Waals surface area contributed by atoms with Gasteiger partial charge in [-0.1, -0.05) is 0 Å². The Labute approximate surface area is 128 Å². The van der Waals surface area contributed by atoms with Crippen LogP contribution in [0.3, 0.4) is 0 Å². The summed E-state index contributed by atoms with van der Waals surface area (Å²) in [6.45, 7) is 0. The van der Waals surface area contributed by atoms with E-state index in [1.807, 2.05) is 0 Å². The summed E-state index contributed by atoms with van der Waals surface area (Å²) in [6.07, 6.45) is 12.6. The minimum absolute atomic E-state index is 0. The van der Waals surface area contributed by atoms with Crippen LogP contribution in [0.2, 0.25) is 0 Å². The number of halogens is 2. The maximum absolute atomic E-state index is 4.55. The van der Waals surface area contributed by atoms with Gasteiger partial charge < -0.3 is 24.8 Å². The molecule has 1 aromatic rings. The monoisotopic (exact) mass is 444 g/mol. The standard InChI is InChI=1S/C9H7.C5H5.CH2.2ClH.Hf/c1-2-5-9-7-3-6-8(9)4-1;1-2-4-5-3-1;;;;/h1-7H;1-3H,4H2;1H2;2*1H;/q;;;;;+2/p-2. The zero-order valence-corrected chi connectivity index (χ0v) is 15.0. The van der Waals surface area contributed by atoms with Crippen LogP contribution in [0.15, 0.2) is 51.9 Å². The van der Waals surface area contributed by atoms with Crippen molar-refractivity contribution in [1.82, 2.24) is 0 Å². The fourth-order valence-corrected chi connectivity index (χ4v) is 9.83. The number of hydrogen-bond donors (Lipinski definition) is 0. The van der Waals surface area contributed by atoms with E-state index < -0.39 is 21.0 Å². The Morgan fingerprint density at radius 1 is 1.17 bits per heavy atom. The molecule has 0 heterocycles. The van der Waals surface area contributed by atoms with Gasteiger partial charge in [0, 0.05) is 0 Å². The van der Waals surface area contributed by atoms with Gasteiger partial charge in [0.05, 0.1) is 0 Å². The number of rotatable bonds is 2. The van der Waals surface area contributed by atoms with Crippen LogP contribution in [0.25, 0.3) is 6.08 Å². The molecule has 0 aliphatic heterocycles. The van der Waals surface area contributed by atoms with E-state index in [2.05, 4.69) is 58.9 Å². The minimum atomic E-state index is -1.86. The van der Waals surface area contributed by atoms with E-state index in [0.29, 0.717) is 3.67 Å². The van der Waals surface area contributed by atoms with Gasteiger partial charge in [0.1, 0.15) is 0 Å². The molecule has 0 saturated carbocycles. The van der Waals surface area contributed by atoms with Crippen LogP contribution in [-0.2, 0) is 21.0 Å². The smallest absolute Gasteiger partial charge is 1.00 e. The van der Waals surface area contributed by atoms with Gasteiger partial charge >= 0.3 is 104 Å². The molecule has 0 bridgehead atoms. The summed E-state index contributed by atoms with van der Waals surface area (Å²) in [5, 5.41) is 0. The van der Waals surface area contributed by atoms with Crippen molar-refractivity contribution in [1.29, 1.82) is 0 Å². The van der Waals surface area contributed by atoms with Gasteiger partial charge in [-0.15, -0.1) is 0 Å². The summed E-state index contributed by atoms with van der Waals surface area (Å²) in [7, 11) is 0. The normalized spacial score (nSPS) is 18.2. The second-order valence-electron chi connectivity index (χ2n) is 4.32. The maximum atomic E-state index is 4.55. The molecule has 2 aliphatic carbocycles. The van der Waals surface area contributed by atoms with Crippen molar-refractivity contribution in [2.45, 2.75) is 10.1 Å². The fraction of sp³-hybridized carbons (Fsp3) is 0.133. The molecular formula is C15H14Cl2Hf. The first-order chi connectivity index (χ1) is 7.86. The van der Waals surface area contributed by atoms with Crippen molar-refractivity contribution in [3.8, 4) is 0 Å². The average molecular weight is 444 g/mol. The molecule has 0 nitrogen and oxygen atoms in total. The Balaban J connectivity index is 0.000000810. The van der Waals surface area contributed by atoms with Crippen LogP contribution in [-0.4, -0.2) is 4.26 Å². The molecule has 3 rings (SSSR count). The molecular weight excluding hydrogens is 430 g/mol. The van der Waals surface area contributed by atoms with Crippen LogP contribution in [0.1, 0.15) is 21.2 Å². The largest absolute Gasteiger partial charge is 1.00 e. The SMILES string of the molecule is [CH2]=[Hf+2]([C]1=CC=CC1)[CH]1C=Cc2ccccc21.[Cl-].[Cl-]. The maximum Gasteiger partial charge on any atom is -1.00 e. The second kappa shape index (κ2) is 6.79. The third-order valence-electron chi connectivity index (χ3n) is 3.36. The molecule has 1 unspecified atom stereocenters. The molecule has 3 heteroatoms. The molecule has 0 saturated heterocycles. The zero-order valence-electron chi connectivity index (χ0n) is 9.94. The fourth-order valence-electron chi connectivity index (χ4n) is 2.44. The second-order valence-corrected chi connectivity index (χ2v) is 12.6. The van der Waals surface area contributed by atoms with Crippen molar-refractivity contribution >= 4 is 10.3 Å². The number of allylic oxidation sites excluding steroid dienone is 5. The van der Waals surface area contributed by atoms with Crippen LogP contribution >= 0.6 is 0 Å². The Kier molecular flexibility index (Phi) is 5.97. The van der Waals surface area contributed by atoms with E-state index in [1.54, 1.807) is 3.33 Å². The first-order valence-corrected chi connectivity index (χ1v) is 12.1. The van der Waals surface area contributed by atoms with E-state index in [4.69, 9.17) is 0 Å². The predicted molar refractivity (Wildman–Crippen MR) is 67.2 cm³/mol. The van der Waals surface area contributed by atoms with E-state index in [0.717, 1.165) is 6.42 Å². The molecule has 0 aromatic heterocycles. The first-order valence-electron chi connectivity index (χ1n) is 5.68. The van der Waals surface area contributed by atoms with Crippen molar-refractivity contribution < 1.29 is 45.8 Å². The van der Waals surface area contributed by atoms with Crippen molar-refractivity contribution in [3.63, 3.8) is 0 Å². The summed E-state index contributed by atoms with van der Waals surface area (Å²) in [5.41, 5.74) is 2.93. The molecule has 0 amide bonds. The molecule has 0 spiro atoms. The number of fused-ring (bicyclic) bond motifs is 1. The average Bonchev–Trinajstić information content (AvgIpc) is 2.98. The van der Waals surface area contributed by atoms with Crippen LogP contribution < -0.4 is 24.8 Å². The van der Waals surface area contributed by atoms with E-state index in [9.17, 15) is 0 Å². The molecule has 1 atom stereocenters. The molecule has 0 radical (unpaired) electrons. The summed E-state index contributed by atoms with van der Waals surface area (Å²) in [6, 6.07) is 8.76. The topological polar surface area (TPSA) is 0 Å². The summed E-state index contributed by atoms with van der Waals surface area (Å²) in [5.74, 6) is 0. The van der Waals surface area contributed by atoms with Gasteiger partial charge in [-0.25, -0.2) is 0 Å². The summed E-state index contributed by atoms with van der Waals surface area (Å²) in [4.78, 5) is 0. The van der Waals surface area contributed by atoms with Gasteiger partial charge in [0.25, 0.3) is 0 Å². The van der Waals surface area contributed by atoms with E-state index >= 15 is 0 Å². The zero-order chi connectivity index (χ0) is 11.0. The van der Waals surface area contributed by atoms with E-state index in [1.165, 1.54) is 11.1 Å². The van der Waals surface area contributed by atoms with Gasteiger partial charge in [0.2, 0.25) is 0 Å². The molecule has 1 aromatic carbocycles. The van der Waals surface area contributed by atoms with Crippen molar-refractivity contribution in [2.24, 2.45) is 0 Å². The Morgan fingerprint density at radius 3 is 2.67 bits per heavy atom. The van der Waals surface area contributed by atoms with Gasteiger partial charge in [-0.3, -0.25) is 0 Å². The Hall–Kier alpha value is -0.240. The number of benzene rings is 1. The Morgan fingerprint density at radius 2 is 1.94 bits per heavy atom.